The molecule has 0 heterocycles. The molecule has 1 atom stereocenters. The first-order valence-corrected chi connectivity index (χ1v) is 2.66. The monoisotopic (exact) mass is 104 g/mol. The fourth-order valence-electron chi connectivity index (χ4n) is 0.167. The highest BCUT2D eigenvalue weighted by molar-refractivity contribution is 7.16. The number of rotatable bonds is 2. The van der Waals surface area contributed by atoms with E-state index in [1.165, 1.54) is 0 Å². The molecule has 1 N–H and O–H groups in total. The third-order valence-electron chi connectivity index (χ3n) is 0.433. The Bertz CT molecular complexity index is 51.5. The van der Waals surface area contributed by atoms with Crippen molar-refractivity contribution in [1.29, 1.82) is 0 Å². The SMILES string of the molecule is C=C(O)CCP. The maximum atomic E-state index is 8.34. The summed E-state index contributed by atoms with van der Waals surface area (Å²) >= 11 is 0. The molecule has 0 amide bonds. The van der Waals surface area contributed by atoms with Gasteiger partial charge < -0.3 is 5.11 Å². The number of allylic oxidation sites excluding steroid dienone is 1. The van der Waals surface area contributed by atoms with Crippen molar-refractivity contribution in [2.45, 2.75) is 6.42 Å². The van der Waals surface area contributed by atoms with Gasteiger partial charge in [0.25, 0.3) is 0 Å². The zero-order chi connectivity index (χ0) is 4.99. The molecule has 0 saturated heterocycles. The van der Waals surface area contributed by atoms with Gasteiger partial charge >= 0.3 is 0 Å². The van der Waals surface area contributed by atoms with Crippen molar-refractivity contribution < 1.29 is 5.11 Å². The Morgan fingerprint density at radius 3 is 2.33 bits per heavy atom. The van der Waals surface area contributed by atoms with Crippen molar-refractivity contribution >= 4 is 9.24 Å². The predicted octanol–water partition coefficient (Wildman–Crippen LogP) is 1.32. The van der Waals surface area contributed by atoms with E-state index in [-0.39, 0.29) is 5.76 Å². The van der Waals surface area contributed by atoms with Gasteiger partial charge in [-0.1, -0.05) is 6.58 Å². The Balaban J connectivity index is 2.83. The quantitative estimate of drug-likeness (QED) is 0.414. The van der Waals surface area contributed by atoms with Crippen LogP contribution in [0.15, 0.2) is 12.3 Å². The molecule has 0 aromatic heterocycles. The Kier molecular flexibility index (Phi) is 3.16. The van der Waals surface area contributed by atoms with Crippen molar-refractivity contribution in [2.75, 3.05) is 6.16 Å². The van der Waals surface area contributed by atoms with Crippen LogP contribution in [0.2, 0.25) is 0 Å². The summed E-state index contributed by atoms with van der Waals surface area (Å²) in [5.41, 5.74) is 0. The van der Waals surface area contributed by atoms with E-state index >= 15 is 0 Å². The minimum absolute atomic E-state index is 0.269. The van der Waals surface area contributed by atoms with E-state index in [0.29, 0.717) is 6.42 Å². The van der Waals surface area contributed by atoms with Crippen LogP contribution in [0.5, 0.6) is 0 Å². The predicted molar refractivity (Wildman–Crippen MR) is 31.0 cm³/mol. The molecule has 0 spiro atoms. The minimum atomic E-state index is 0.269. The van der Waals surface area contributed by atoms with Gasteiger partial charge in [0.15, 0.2) is 0 Å². The molecule has 0 aromatic carbocycles. The summed E-state index contributed by atoms with van der Waals surface area (Å²) in [5.74, 6) is 0.269. The second-order valence-electron chi connectivity index (χ2n) is 1.10. The van der Waals surface area contributed by atoms with Gasteiger partial charge in [-0.3, -0.25) is 0 Å². The number of hydrogen-bond acceptors (Lipinski definition) is 1. The summed E-state index contributed by atoms with van der Waals surface area (Å²) in [6.07, 6.45) is 1.60. The normalized spacial score (nSPS) is 8.17. The van der Waals surface area contributed by atoms with Gasteiger partial charge in [0.1, 0.15) is 0 Å². The van der Waals surface area contributed by atoms with Gasteiger partial charge in [-0.2, -0.15) is 0 Å². The van der Waals surface area contributed by atoms with Crippen LogP contribution < -0.4 is 0 Å². The maximum Gasteiger partial charge on any atom is 0.0854 e. The number of aliphatic hydroxyl groups is 1. The molecule has 0 bridgehead atoms. The first-order valence-electron chi connectivity index (χ1n) is 1.84. The van der Waals surface area contributed by atoms with Crippen molar-refractivity contribution in [1.82, 2.24) is 0 Å². The minimum Gasteiger partial charge on any atom is -0.513 e. The second kappa shape index (κ2) is 3.17. The maximum absolute atomic E-state index is 8.34. The molecule has 0 saturated carbocycles. The van der Waals surface area contributed by atoms with E-state index in [9.17, 15) is 0 Å². The summed E-state index contributed by atoms with van der Waals surface area (Å²) < 4.78 is 0. The zero-order valence-electron chi connectivity index (χ0n) is 3.65. The van der Waals surface area contributed by atoms with Gasteiger partial charge in [0, 0.05) is 6.42 Å². The molecule has 1 nitrogen and oxygen atoms in total. The molecule has 0 fully saturated rings. The molecule has 0 rings (SSSR count). The average Bonchev–Trinajstić information content (AvgIpc) is 1.35. The molecular weight excluding hydrogens is 95.0 g/mol. The van der Waals surface area contributed by atoms with Gasteiger partial charge in [0.05, 0.1) is 5.76 Å². The molecule has 1 unspecified atom stereocenters. The molecule has 36 valence electrons. The van der Waals surface area contributed by atoms with Crippen LogP contribution in [0.25, 0.3) is 0 Å². The fraction of sp³-hybridized carbons (Fsp3) is 0.500. The standard InChI is InChI=1S/C4H9OP/c1-4(5)2-3-6/h5H,1-3,6H2. The van der Waals surface area contributed by atoms with Crippen molar-refractivity contribution in [3.05, 3.63) is 12.3 Å². The lowest BCUT2D eigenvalue weighted by Gasteiger charge is -1.86. The largest absolute Gasteiger partial charge is 0.513 e. The van der Waals surface area contributed by atoms with Crippen LogP contribution in [0, 0.1) is 0 Å². The highest BCUT2D eigenvalue weighted by Gasteiger charge is 1.79. The number of aliphatic hydroxyl groups excluding tert-OH is 1. The lowest BCUT2D eigenvalue weighted by molar-refractivity contribution is 0.399. The van der Waals surface area contributed by atoms with Gasteiger partial charge in [-0.25, -0.2) is 0 Å². The van der Waals surface area contributed by atoms with Crippen LogP contribution in [-0.4, -0.2) is 11.3 Å². The smallest absolute Gasteiger partial charge is 0.0854 e. The van der Waals surface area contributed by atoms with Crippen molar-refractivity contribution in [2.24, 2.45) is 0 Å². The Labute approximate surface area is 40.3 Å². The molecule has 0 radical (unpaired) electrons. The van der Waals surface area contributed by atoms with Gasteiger partial charge in [0.2, 0.25) is 0 Å². The molecule has 2 heteroatoms. The summed E-state index contributed by atoms with van der Waals surface area (Å²) in [4.78, 5) is 0. The van der Waals surface area contributed by atoms with E-state index in [1.54, 1.807) is 0 Å². The molecule has 0 aliphatic carbocycles. The van der Waals surface area contributed by atoms with E-state index in [1.807, 2.05) is 0 Å². The molecule has 0 aromatic rings. The second-order valence-corrected chi connectivity index (χ2v) is 1.68. The van der Waals surface area contributed by atoms with E-state index in [0.717, 1.165) is 6.16 Å². The summed E-state index contributed by atoms with van der Waals surface area (Å²) in [7, 11) is 2.50. The fourth-order valence-corrected chi connectivity index (χ4v) is 0.500. The van der Waals surface area contributed by atoms with Crippen molar-refractivity contribution in [3.8, 4) is 0 Å². The highest BCUT2D eigenvalue weighted by atomic mass is 31.0. The van der Waals surface area contributed by atoms with Crippen LogP contribution in [0.3, 0.4) is 0 Å². The van der Waals surface area contributed by atoms with Crippen molar-refractivity contribution in [3.63, 3.8) is 0 Å². The summed E-state index contributed by atoms with van der Waals surface area (Å²) in [6, 6.07) is 0. The summed E-state index contributed by atoms with van der Waals surface area (Å²) in [5, 5.41) is 8.34. The van der Waals surface area contributed by atoms with E-state index in [2.05, 4.69) is 15.8 Å². The number of hydrogen-bond donors (Lipinski definition) is 1. The molecule has 0 aliphatic rings. The van der Waals surface area contributed by atoms with Crippen LogP contribution in [-0.2, 0) is 0 Å². The third kappa shape index (κ3) is 3.97. The Morgan fingerprint density at radius 2 is 2.33 bits per heavy atom. The summed E-state index contributed by atoms with van der Waals surface area (Å²) in [6.45, 7) is 3.29. The molecular formula is C4H9OP. The molecule has 0 aliphatic heterocycles. The topological polar surface area (TPSA) is 20.2 Å². The third-order valence-corrected chi connectivity index (χ3v) is 0.722. The van der Waals surface area contributed by atoms with Crippen LogP contribution >= 0.6 is 9.24 Å². The highest BCUT2D eigenvalue weighted by Crippen LogP contribution is 1.93. The lowest BCUT2D eigenvalue weighted by atomic mass is 10.4. The average molecular weight is 104 g/mol. The zero-order valence-corrected chi connectivity index (χ0v) is 4.80. The van der Waals surface area contributed by atoms with E-state index in [4.69, 9.17) is 5.11 Å². The van der Waals surface area contributed by atoms with Crippen LogP contribution in [0.4, 0.5) is 0 Å². The molecule has 6 heavy (non-hydrogen) atoms. The lowest BCUT2D eigenvalue weighted by Crippen LogP contribution is -1.75. The Hall–Kier alpha value is -0.0300. The Morgan fingerprint density at radius 1 is 1.83 bits per heavy atom. The van der Waals surface area contributed by atoms with E-state index < -0.39 is 0 Å². The van der Waals surface area contributed by atoms with Gasteiger partial charge in [-0.15, -0.1) is 9.24 Å². The first kappa shape index (κ1) is 5.97. The first-order chi connectivity index (χ1) is 2.77. The van der Waals surface area contributed by atoms with Gasteiger partial charge in [-0.05, 0) is 6.16 Å². The van der Waals surface area contributed by atoms with Crippen LogP contribution in [0.1, 0.15) is 6.42 Å².